The van der Waals surface area contributed by atoms with Crippen LogP contribution >= 0.6 is 0 Å². The number of rotatable bonds is 6. The Morgan fingerprint density at radius 1 is 0.818 bits per heavy atom. The third-order valence-corrected chi connectivity index (χ3v) is 9.34. The van der Waals surface area contributed by atoms with Crippen molar-refractivity contribution >= 4 is 60.6 Å². The van der Waals surface area contributed by atoms with Gasteiger partial charge in [0, 0.05) is 56.2 Å². The molecule has 4 N–H and O–H groups in total. The number of anilines is 1. The molecule has 2 aliphatic rings. The van der Waals surface area contributed by atoms with Crippen LogP contribution in [0.3, 0.4) is 0 Å². The van der Waals surface area contributed by atoms with Gasteiger partial charge in [-0.3, -0.25) is 14.4 Å². The van der Waals surface area contributed by atoms with Crippen molar-refractivity contribution in [2.45, 2.75) is 38.6 Å². The van der Waals surface area contributed by atoms with E-state index in [1.54, 1.807) is 0 Å². The number of fused-ring (bicyclic) bond motifs is 1. The molecule has 1 aliphatic carbocycles. The molecule has 226 valence electrons. The second-order valence-electron chi connectivity index (χ2n) is 11.7. The summed E-state index contributed by atoms with van der Waals surface area (Å²) in [4.78, 5) is 41.0. The van der Waals surface area contributed by atoms with Crippen molar-refractivity contribution in [2.24, 2.45) is 0 Å². The molecular weight excluding hydrogens is 564 g/mol. The van der Waals surface area contributed by atoms with E-state index in [2.05, 4.69) is 10.6 Å². The van der Waals surface area contributed by atoms with Crippen molar-refractivity contribution in [3.63, 3.8) is 0 Å². The van der Waals surface area contributed by atoms with E-state index in [4.69, 9.17) is 14.2 Å². The summed E-state index contributed by atoms with van der Waals surface area (Å²) in [7, 11) is 4.25. The minimum atomic E-state index is -0.861. The van der Waals surface area contributed by atoms with Gasteiger partial charge in [0.1, 0.15) is 17.3 Å². The van der Waals surface area contributed by atoms with Crippen LogP contribution in [0.1, 0.15) is 43.7 Å². The highest BCUT2D eigenvalue weighted by Gasteiger charge is 2.37. The fourth-order valence-corrected chi connectivity index (χ4v) is 7.58. The van der Waals surface area contributed by atoms with Gasteiger partial charge >= 0.3 is 0 Å². The average Bonchev–Trinajstić information content (AvgIpc) is 3.13. The van der Waals surface area contributed by atoms with E-state index >= 15 is 0 Å². The molecule has 0 amide bonds. The number of benzene rings is 5. The minimum Gasteiger partial charge on any atom is -0.505 e. The van der Waals surface area contributed by atoms with Crippen molar-refractivity contribution in [1.82, 2.24) is 5.32 Å². The number of aromatic hydroxyl groups is 2. The first kappa shape index (κ1) is 28.0. The molecule has 44 heavy (non-hydrogen) atoms. The lowest BCUT2D eigenvalue weighted by Crippen LogP contribution is -2.35. The maximum absolute atomic E-state index is 13.9. The molecule has 0 radical (unpaired) electrons. The van der Waals surface area contributed by atoms with Crippen molar-refractivity contribution in [2.75, 3.05) is 39.7 Å². The highest BCUT2D eigenvalue weighted by atomic mass is 16.5. The Kier molecular flexibility index (Phi) is 6.26. The number of phenolic OH excluding ortho intramolecular Hbond substituents is 2. The van der Waals surface area contributed by atoms with E-state index in [0.29, 0.717) is 54.7 Å². The number of nitrogens with one attached hydrogen (secondary N) is 2. The Labute approximate surface area is 251 Å². The molecule has 7 rings (SSSR count). The maximum atomic E-state index is 13.9. The van der Waals surface area contributed by atoms with Gasteiger partial charge in [-0.1, -0.05) is 11.6 Å². The Bertz CT molecular complexity index is 2200. The quantitative estimate of drug-likeness (QED) is 0.125. The van der Waals surface area contributed by atoms with Gasteiger partial charge in [0.15, 0.2) is 28.1 Å². The molecule has 1 aliphatic heterocycles. The topological polar surface area (TPSA) is 143 Å². The number of ketones is 1. The summed E-state index contributed by atoms with van der Waals surface area (Å²) in [5, 5.41) is 33.2. The zero-order chi connectivity index (χ0) is 31.2. The lowest BCUT2D eigenvalue weighted by atomic mass is 9.80. The van der Waals surface area contributed by atoms with Gasteiger partial charge in [-0.05, 0) is 45.2 Å². The molecule has 1 fully saturated rings. The number of carbonyl (C=O) groups is 1. The van der Waals surface area contributed by atoms with E-state index in [9.17, 15) is 24.6 Å². The fourth-order valence-electron chi connectivity index (χ4n) is 7.58. The fraction of sp³-hybridized carbons (Fsp3) is 0.324. The lowest BCUT2D eigenvalue weighted by Gasteiger charge is -2.28. The van der Waals surface area contributed by atoms with Crippen LogP contribution in [-0.2, 0) is 4.79 Å². The van der Waals surface area contributed by atoms with Crippen LogP contribution < -0.4 is 35.7 Å². The molecule has 10 nitrogen and oxygen atoms in total. The van der Waals surface area contributed by atoms with E-state index < -0.39 is 16.8 Å². The predicted octanol–water partition coefficient (Wildman–Crippen LogP) is 4.59. The van der Waals surface area contributed by atoms with Gasteiger partial charge in [-0.25, -0.2) is 0 Å². The van der Waals surface area contributed by atoms with Crippen LogP contribution in [0.2, 0.25) is 0 Å². The number of allylic oxidation sites excluding steroid dienone is 1. The number of hydrogen-bond acceptors (Lipinski definition) is 10. The van der Waals surface area contributed by atoms with Crippen molar-refractivity contribution < 1.29 is 29.2 Å². The van der Waals surface area contributed by atoms with Gasteiger partial charge < -0.3 is 35.1 Å². The largest absolute Gasteiger partial charge is 0.505 e. The number of ether oxygens (including phenoxy) is 3. The van der Waals surface area contributed by atoms with Crippen molar-refractivity contribution in [1.29, 1.82) is 0 Å². The Morgan fingerprint density at radius 3 is 1.93 bits per heavy atom. The summed E-state index contributed by atoms with van der Waals surface area (Å²) in [6, 6.07) is 2.61. The molecule has 5 aromatic carbocycles. The SMILES string of the molecule is COc1c(O)c2c(=O)cc(OC)c3c4c(OC)cc(=O)c5c(O)c(NC6CCNCC6)c6c(c(c1C(C(C)=O)C(C)=C6)c23)c54. The first-order valence-electron chi connectivity index (χ1n) is 14.6. The summed E-state index contributed by atoms with van der Waals surface area (Å²) in [5.41, 5.74) is 1.01. The van der Waals surface area contributed by atoms with Crippen LogP contribution in [-0.4, -0.2) is 56.5 Å². The molecule has 10 heteroatoms. The van der Waals surface area contributed by atoms with E-state index in [0.717, 1.165) is 25.9 Å². The van der Waals surface area contributed by atoms with Crippen LogP contribution in [0, 0.1) is 0 Å². The van der Waals surface area contributed by atoms with Crippen LogP contribution in [0.25, 0.3) is 49.2 Å². The van der Waals surface area contributed by atoms with Crippen molar-refractivity contribution in [3.8, 4) is 28.7 Å². The summed E-state index contributed by atoms with van der Waals surface area (Å²) >= 11 is 0. The third-order valence-electron chi connectivity index (χ3n) is 9.34. The average molecular weight is 597 g/mol. The van der Waals surface area contributed by atoms with Crippen LogP contribution in [0.15, 0.2) is 27.3 Å². The highest BCUT2D eigenvalue weighted by Crippen LogP contribution is 2.58. The summed E-state index contributed by atoms with van der Waals surface area (Å²) in [6.45, 7) is 4.87. The molecule has 5 aromatic rings. The monoisotopic (exact) mass is 596 g/mol. The number of carbonyl (C=O) groups excluding carboxylic acids is 1. The van der Waals surface area contributed by atoms with Gasteiger partial charge in [0.25, 0.3) is 0 Å². The molecule has 1 heterocycles. The first-order chi connectivity index (χ1) is 21.1. The van der Waals surface area contributed by atoms with Gasteiger partial charge in [0.2, 0.25) is 0 Å². The Morgan fingerprint density at radius 2 is 1.39 bits per heavy atom. The van der Waals surface area contributed by atoms with Gasteiger partial charge in [-0.15, -0.1) is 0 Å². The Balaban J connectivity index is 1.89. The molecular formula is C34H32N2O8. The molecule has 0 aromatic heterocycles. The minimum absolute atomic E-state index is 0.00260. The van der Waals surface area contributed by atoms with E-state index in [1.165, 1.54) is 40.4 Å². The zero-order valence-electron chi connectivity index (χ0n) is 25.1. The lowest BCUT2D eigenvalue weighted by molar-refractivity contribution is -0.117. The summed E-state index contributed by atoms with van der Waals surface area (Å²) < 4.78 is 17.3. The summed E-state index contributed by atoms with van der Waals surface area (Å²) in [6.07, 6.45) is 3.44. The molecule has 0 bridgehead atoms. The van der Waals surface area contributed by atoms with E-state index in [1.807, 2.05) is 13.0 Å². The molecule has 0 saturated carbocycles. The summed E-state index contributed by atoms with van der Waals surface area (Å²) in [5.74, 6) is -1.24. The van der Waals surface area contributed by atoms with Crippen molar-refractivity contribution in [3.05, 3.63) is 49.3 Å². The molecule has 1 atom stereocenters. The normalized spacial score (nSPS) is 17.0. The number of hydrogen-bond donors (Lipinski definition) is 4. The van der Waals surface area contributed by atoms with E-state index in [-0.39, 0.29) is 51.3 Å². The van der Waals surface area contributed by atoms with Crippen LogP contribution in [0.5, 0.6) is 28.7 Å². The first-order valence-corrected chi connectivity index (χ1v) is 14.6. The number of Topliss-reactive ketones (excluding diaryl/α,β-unsaturated/α-hetero) is 1. The zero-order valence-corrected chi connectivity index (χ0v) is 25.1. The third kappa shape index (κ3) is 3.54. The number of piperidine rings is 1. The standard InChI is InChI=1S/C34H32N2O8/c1-13-10-16-22-27-23(32(40)31(16)36-15-6-8-35-9-7-15)17(38)11-19(42-3)25(27)26-20(43-4)12-18(39)24-29(26)28(22)30(21(13)14(2)37)34(44-5)33(24)41/h10-12,15,21,35-36,40-41H,6-9H2,1-5H3. The second kappa shape index (κ2) is 9.85. The molecule has 1 unspecified atom stereocenters. The van der Waals surface area contributed by atoms with Gasteiger partial charge in [0.05, 0.1) is 43.7 Å². The Hall–Kier alpha value is -4.83. The molecule has 1 saturated heterocycles. The maximum Gasteiger partial charge on any atom is 0.194 e. The number of phenols is 2. The second-order valence-corrected chi connectivity index (χ2v) is 11.7. The predicted molar refractivity (Wildman–Crippen MR) is 171 cm³/mol. The number of methoxy groups -OCH3 is 3. The van der Waals surface area contributed by atoms with Crippen LogP contribution in [0.4, 0.5) is 5.69 Å². The molecule has 0 spiro atoms. The smallest absolute Gasteiger partial charge is 0.194 e. The highest BCUT2D eigenvalue weighted by molar-refractivity contribution is 6.40. The van der Waals surface area contributed by atoms with Gasteiger partial charge in [-0.2, -0.15) is 0 Å².